The van der Waals surface area contributed by atoms with Crippen molar-refractivity contribution < 1.29 is 18.8 Å². The Hall–Kier alpha value is -2.24. The summed E-state index contributed by atoms with van der Waals surface area (Å²) < 4.78 is 15.3. The van der Waals surface area contributed by atoms with Gasteiger partial charge in [-0.15, -0.1) is 0 Å². The Morgan fingerprint density at radius 3 is 2.67 bits per heavy atom. The number of rotatable bonds is 6. The maximum absolute atomic E-state index is 11.6. The third-order valence-corrected chi connectivity index (χ3v) is 3.56. The van der Waals surface area contributed by atoms with Gasteiger partial charge in [-0.2, -0.15) is 0 Å². The zero-order valence-corrected chi connectivity index (χ0v) is 15.3. The molecule has 0 aliphatic carbocycles. The largest absolute Gasteiger partial charge is 0.492 e. The highest BCUT2D eigenvalue weighted by Crippen LogP contribution is 2.19. The van der Waals surface area contributed by atoms with Crippen LogP contribution in [0.25, 0.3) is 11.0 Å². The summed E-state index contributed by atoms with van der Waals surface area (Å²) in [6, 6.07) is 6.07. The highest BCUT2D eigenvalue weighted by molar-refractivity contribution is 5.74. The fraction of sp³-hybridized carbons (Fsp3) is 0.556. The molecule has 0 unspecified atom stereocenters. The van der Waals surface area contributed by atoms with E-state index < -0.39 is 11.7 Å². The van der Waals surface area contributed by atoms with Crippen LogP contribution in [-0.4, -0.2) is 29.4 Å². The zero-order chi connectivity index (χ0) is 17.7. The third kappa shape index (κ3) is 4.63. The van der Waals surface area contributed by atoms with Crippen molar-refractivity contribution in [3.63, 3.8) is 0 Å². The van der Waals surface area contributed by atoms with E-state index in [1.807, 2.05) is 32.9 Å². The molecule has 0 saturated heterocycles. The molecule has 2 aromatic rings. The first-order valence-electron chi connectivity index (χ1n) is 8.46. The summed E-state index contributed by atoms with van der Waals surface area (Å²) in [4.78, 5) is 11.6. The molecule has 0 bridgehead atoms. The van der Waals surface area contributed by atoms with Crippen LogP contribution in [0.1, 0.15) is 34.6 Å². The molecule has 1 N–H and O–H groups in total. The van der Waals surface area contributed by atoms with Gasteiger partial charge in [-0.05, 0) is 46.8 Å². The predicted molar refractivity (Wildman–Crippen MR) is 93.2 cm³/mol. The second-order valence-corrected chi connectivity index (χ2v) is 6.62. The van der Waals surface area contributed by atoms with E-state index in [9.17, 15) is 4.79 Å². The van der Waals surface area contributed by atoms with Crippen molar-refractivity contribution in [1.29, 1.82) is 0 Å². The number of benzene rings is 1. The number of hydrogen-bond acceptors (Lipinski definition) is 3. The lowest BCUT2D eigenvalue weighted by molar-refractivity contribution is -0.668. The predicted octanol–water partition coefficient (Wildman–Crippen LogP) is 2.87. The summed E-state index contributed by atoms with van der Waals surface area (Å²) in [5.41, 5.74) is 1.85. The molecule has 1 aromatic heterocycles. The number of alkyl carbamates (subject to hydrolysis) is 1. The van der Waals surface area contributed by atoms with Crippen molar-refractivity contribution in [1.82, 2.24) is 9.88 Å². The van der Waals surface area contributed by atoms with Crippen LogP contribution in [-0.2, 0) is 17.8 Å². The Kier molecular flexibility index (Phi) is 5.70. The van der Waals surface area contributed by atoms with Gasteiger partial charge in [0, 0.05) is 6.07 Å². The number of fused-ring (bicyclic) bond motifs is 1. The van der Waals surface area contributed by atoms with E-state index in [2.05, 4.69) is 40.7 Å². The van der Waals surface area contributed by atoms with Gasteiger partial charge in [0.2, 0.25) is 6.33 Å². The van der Waals surface area contributed by atoms with E-state index in [-0.39, 0.29) is 0 Å². The molecule has 6 heteroatoms. The van der Waals surface area contributed by atoms with Crippen LogP contribution >= 0.6 is 0 Å². The maximum Gasteiger partial charge on any atom is 0.407 e. The van der Waals surface area contributed by atoms with Gasteiger partial charge in [0.05, 0.1) is 19.6 Å². The van der Waals surface area contributed by atoms with Crippen molar-refractivity contribution >= 4 is 17.1 Å². The van der Waals surface area contributed by atoms with Crippen LogP contribution in [0.5, 0.6) is 5.75 Å². The maximum atomic E-state index is 11.6. The SMILES string of the molecule is CCn1c[n+](CC)c2ccc(OCCNC(=O)OC(C)(C)C)cc21. The number of ether oxygens (including phenoxy) is 2. The molecule has 6 nitrogen and oxygen atoms in total. The van der Waals surface area contributed by atoms with E-state index in [0.717, 1.165) is 24.4 Å². The first-order valence-corrected chi connectivity index (χ1v) is 8.46. The highest BCUT2D eigenvalue weighted by Gasteiger charge is 2.16. The lowest BCUT2D eigenvalue weighted by Gasteiger charge is -2.19. The number of carbonyl (C=O) groups is 1. The number of aromatic nitrogens is 2. The van der Waals surface area contributed by atoms with Crippen LogP contribution in [0, 0.1) is 0 Å². The van der Waals surface area contributed by atoms with Crippen LogP contribution in [0.15, 0.2) is 24.5 Å². The fourth-order valence-corrected chi connectivity index (χ4v) is 2.50. The van der Waals surface area contributed by atoms with E-state index in [1.165, 1.54) is 5.52 Å². The molecule has 0 saturated carbocycles. The van der Waals surface area contributed by atoms with Gasteiger partial charge in [0.1, 0.15) is 18.0 Å². The molecule has 1 amide bonds. The molecule has 2 rings (SSSR count). The monoisotopic (exact) mass is 334 g/mol. The first-order chi connectivity index (χ1) is 11.3. The van der Waals surface area contributed by atoms with Crippen LogP contribution in [0.3, 0.4) is 0 Å². The molecule has 0 aliphatic heterocycles. The van der Waals surface area contributed by atoms with E-state index in [0.29, 0.717) is 13.2 Å². The summed E-state index contributed by atoms with van der Waals surface area (Å²) in [7, 11) is 0. The summed E-state index contributed by atoms with van der Waals surface area (Å²) in [6.07, 6.45) is 1.70. The molecule has 0 aliphatic rings. The smallest absolute Gasteiger partial charge is 0.407 e. The van der Waals surface area contributed by atoms with Gasteiger partial charge in [-0.1, -0.05) is 0 Å². The number of hydrogen-bond donors (Lipinski definition) is 1. The van der Waals surface area contributed by atoms with Gasteiger partial charge in [0.15, 0.2) is 11.0 Å². The Bertz CT molecular complexity index is 701. The average molecular weight is 334 g/mol. The van der Waals surface area contributed by atoms with Crippen molar-refractivity contribution in [2.75, 3.05) is 13.2 Å². The van der Waals surface area contributed by atoms with Gasteiger partial charge in [-0.25, -0.2) is 13.9 Å². The quantitative estimate of drug-likeness (QED) is 0.653. The molecule has 0 fully saturated rings. The number of nitrogens with one attached hydrogen (secondary N) is 1. The Labute approximate surface area is 143 Å². The van der Waals surface area contributed by atoms with Gasteiger partial charge >= 0.3 is 6.09 Å². The normalized spacial score (nSPS) is 11.5. The minimum absolute atomic E-state index is 0.394. The zero-order valence-electron chi connectivity index (χ0n) is 15.3. The number of amides is 1. The van der Waals surface area contributed by atoms with Crippen LogP contribution in [0.4, 0.5) is 4.79 Å². The summed E-state index contributed by atoms with van der Waals surface area (Å²) in [6.45, 7) is 12.4. The van der Waals surface area contributed by atoms with E-state index >= 15 is 0 Å². The highest BCUT2D eigenvalue weighted by atomic mass is 16.6. The molecule has 24 heavy (non-hydrogen) atoms. The number of nitrogens with zero attached hydrogens (tertiary/aromatic N) is 2. The van der Waals surface area contributed by atoms with Crippen molar-refractivity contribution in [3.8, 4) is 5.75 Å². The topological polar surface area (TPSA) is 56.4 Å². The molecule has 0 spiro atoms. The van der Waals surface area contributed by atoms with Crippen molar-refractivity contribution in [2.45, 2.75) is 53.3 Å². The minimum atomic E-state index is -0.490. The fourth-order valence-electron chi connectivity index (χ4n) is 2.50. The van der Waals surface area contributed by atoms with Gasteiger partial charge in [0.25, 0.3) is 0 Å². The van der Waals surface area contributed by atoms with Crippen molar-refractivity contribution in [3.05, 3.63) is 24.5 Å². The number of aryl methyl sites for hydroxylation is 2. The van der Waals surface area contributed by atoms with E-state index in [4.69, 9.17) is 9.47 Å². The second-order valence-electron chi connectivity index (χ2n) is 6.62. The van der Waals surface area contributed by atoms with Crippen LogP contribution < -0.4 is 14.6 Å². The van der Waals surface area contributed by atoms with Crippen molar-refractivity contribution in [2.24, 2.45) is 0 Å². The molecular formula is C18H28N3O3+. The Balaban J connectivity index is 1.93. The van der Waals surface area contributed by atoms with Gasteiger partial charge in [-0.3, -0.25) is 0 Å². The van der Waals surface area contributed by atoms with E-state index in [1.54, 1.807) is 0 Å². The number of imidazole rings is 1. The summed E-state index contributed by atoms with van der Waals surface area (Å²) >= 11 is 0. The molecule has 1 aromatic carbocycles. The van der Waals surface area contributed by atoms with Crippen LogP contribution in [0.2, 0.25) is 0 Å². The Morgan fingerprint density at radius 2 is 2.04 bits per heavy atom. The number of carbonyl (C=O) groups excluding carboxylic acids is 1. The molecule has 132 valence electrons. The Morgan fingerprint density at radius 1 is 1.29 bits per heavy atom. The molecular weight excluding hydrogens is 306 g/mol. The summed E-state index contributed by atoms with van der Waals surface area (Å²) in [5, 5.41) is 2.69. The third-order valence-electron chi connectivity index (χ3n) is 3.56. The first kappa shape index (κ1) is 18.1. The lowest BCUT2D eigenvalue weighted by Crippen LogP contribution is -2.34. The standard InChI is InChI=1S/C18H27N3O3/c1-6-20-13-21(7-2)16-12-14(8-9-15(16)20)23-11-10-19-17(22)24-18(3,4)5/h8-9,12-13H,6-7,10-11H2,1-5H3/p+1. The summed E-state index contributed by atoms with van der Waals surface area (Å²) in [5.74, 6) is 0.796. The minimum Gasteiger partial charge on any atom is -0.492 e. The average Bonchev–Trinajstić information content (AvgIpc) is 2.87. The van der Waals surface area contributed by atoms with Gasteiger partial charge < -0.3 is 14.8 Å². The molecule has 0 radical (unpaired) electrons. The molecule has 1 heterocycles. The second kappa shape index (κ2) is 7.55. The molecule has 0 atom stereocenters. The lowest BCUT2D eigenvalue weighted by atomic mass is 10.2.